The standard InChI is InChI=1S/C18H14N2O4S/c1-2-9-23-17(22)12-5-3-11(4-6-12)15-8-7-13(24-15)10-14-16(21)20-18(25)19-14/h2-8,10H,1,9H2,(H2,19,20,21,25). The number of nitrogens with one attached hydrogen (secondary N) is 2. The Morgan fingerprint density at radius 1 is 1.20 bits per heavy atom. The fourth-order valence-electron chi connectivity index (χ4n) is 2.20. The van der Waals surface area contributed by atoms with Crippen molar-refractivity contribution < 1.29 is 18.7 Å². The van der Waals surface area contributed by atoms with E-state index in [1.165, 1.54) is 6.08 Å². The van der Waals surface area contributed by atoms with E-state index in [0.717, 1.165) is 5.56 Å². The number of benzene rings is 1. The van der Waals surface area contributed by atoms with Crippen LogP contribution in [0.3, 0.4) is 0 Å². The number of rotatable bonds is 5. The molecule has 2 heterocycles. The molecule has 0 saturated carbocycles. The lowest BCUT2D eigenvalue weighted by Gasteiger charge is -2.02. The minimum atomic E-state index is -0.411. The van der Waals surface area contributed by atoms with Crippen molar-refractivity contribution in [2.24, 2.45) is 0 Å². The minimum Gasteiger partial charge on any atom is -0.458 e. The number of furan rings is 1. The van der Waals surface area contributed by atoms with Gasteiger partial charge < -0.3 is 14.5 Å². The monoisotopic (exact) mass is 354 g/mol. The predicted octanol–water partition coefficient (Wildman–Crippen LogP) is 2.63. The SMILES string of the molecule is C=CCOC(=O)c1ccc(-c2ccc(C=C3NC(=S)NC3=O)o2)cc1. The third kappa shape index (κ3) is 3.84. The van der Waals surface area contributed by atoms with Crippen LogP contribution in [0.1, 0.15) is 16.1 Å². The molecule has 25 heavy (non-hydrogen) atoms. The Morgan fingerprint density at radius 2 is 1.96 bits per heavy atom. The van der Waals surface area contributed by atoms with Gasteiger partial charge in [0.1, 0.15) is 23.8 Å². The van der Waals surface area contributed by atoms with E-state index in [0.29, 0.717) is 22.8 Å². The van der Waals surface area contributed by atoms with E-state index >= 15 is 0 Å². The van der Waals surface area contributed by atoms with Crippen LogP contribution in [0.5, 0.6) is 0 Å². The van der Waals surface area contributed by atoms with Gasteiger partial charge >= 0.3 is 5.97 Å². The molecule has 1 amide bonds. The second kappa shape index (κ2) is 7.14. The minimum absolute atomic E-state index is 0.168. The highest BCUT2D eigenvalue weighted by Gasteiger charge is 2.20. The van der Waals surface area contributed by atoms with E-state index in [4.69, 9.17) is 21.4 Å². The topological polar surface area (TPSA) is 80.6 Å². The fourth-order valence-corrected chi connectivity index (χ4v) is 2.40. The third-order valence-corrected chi connectivity index (χ3v) is 3.57. The molecule has 7 heteroatoms. The first-order valence-corrected chi connectivity index (χ1v) is 7.80. The van der Waals surface area contributed by atoms with Gasteiger partial charge in [-0.1, -0.05) is 24.8 Å². The molecule has 1 fully saturated rings. The number of carbonyl (C=O) groups excluding carboxylic acids is 2. The Morgan fingerprint density at radius 3 is 2.60 bits per heavy atom. The van der Waals surface area contributed by atoms with Crippen molar-refractivity contribution >= 4 is 35.3 Å². The third-order valence-electron chi connectivity index (χ3n) is 3.37. The van der Waals surface area contributed by atoms with Crippen LogP contribution in [-0.2, 0) is 9.53 Å². The van der Waals surface area contributed by atoms with E-state index in [-0.39, 0.29) is 17.6 Å². The Labute approximate surface area is 149 Å². The van der Waals surface area contributed by atoms with Crippen molar-refractivity contribution in [2.45, 2.75) is 0 Å². The summed E-state index contributed by atoms with van der Waals surface area (Å²) < 4.78 is 10.7. The highest BCUT2D eigenvalue weighted by Crippen LogP contribution is 2.24. The van der Waals surface area contributed by atoms with E-state index in [1.54, 1.807) is 42.5 Å². The van der Waals surface area contributed by atoms with Crippen molar-refractivity contribution in [1.82, 2.24) is 10.6 Å². The number of ether oxygens (including phenoxy) is 1. The molecule has 0 atom stereocenters. The maximum absolute atomic E-state index is 11.7. The van der Waals surface area contributed by atoms with Gasteiger partial charge in [0, 0.05) is 11.6 Å². The van der Waals surface area contributed by atoms with Gasteiger partial charge in [-0.25, -0.2) is 4.79 Å². The summed E-state index contributed by atoms with van der Waals surface area (Å²) in [5.41, 5.74) is 1.57. The van der Waals surface area contributed by atoms with Crippen LogP contribution in [0.2, 0.25) is 0 Å². The summed E-state index contributed by atoms with van der Waals surface area (Å²) in [5, 5.41) is 5.50. The zero-order valence-electron chi connectivity index (χ0n) is 13.1. The van der Waals surface area contributed by atoms with E-state index in [9.17, 15) is 9.59 Å². The van der Waals surface area contributed by atoms with Crippen molar-refractivity contribution in [3.63, 3.8) is 0 Å². The molecular formula is C18H14N2O4S. The largest absolute Gasteiger partial charge is 0.458 e. The van der Waals surface area contributed by atoms with E-state index in [1.807, 2.05) is 0 Å². The highest BCUT2D eigenvalue weighted by molar-refractivity contribution is 7.80. The number of carbonyl (C=O) groups is 2. The Hall–Kier alpha value is -3.19. The molecule has 1 aromatic carbocycles. The molecule has 1 aromatic heterocycles. The molecule has 6 nitrogen and oxygen atoms in total. The van der Waals surface area contributed by atoms with Gasteiger partial charge in [0.2, 0.25) is 0 Å². The van der Waals surface area contributed by atoms with Gasteiger partial charge in [-0.15, -0.1) is 0 Å². The first-order chi connectivity index (χ1) is 12.1. The Balaban J connectivity index is 1.75. The van der Waals surface area contributed by atoms with Crippen LogP contribution in [0.25, 0.3) is 17.4 Å². The fraction of sp³-hybridized carbons (Fsp3) is 0.0556. The summed E-state index contributed by atoms with van der Waals surface area (Å²) in [7, 11) is 0. The zero-order valence-corrected chi connectivity index (χ0v) is 13.9. The van der Waals surface area contributed by atoms with Gasteiger partial charge in [0.15, 0.2) is 5.11 Å². The van der Waals surface area contributed by atoms with Gasteiger partial charge in [-0.3, -0.25) is 10.1 Å². The van der Waals surface area contributed by atoms with Gasteiger partial charge in [0.25, 0.3) is 5.91 Å². The molecule has 0 radical (unpaired) electrons. The second-order valence-electron chi connectivity index (χ2n) is 5.13. The molecule has 1 aliphatic rings. The van der Waals surface area contributed by atoms with Crippen LogP contribution in [0.15, 0.2) is 59.2 Å². The first kappa shape index (κ1) is 16.7. The lowest BCUT2D eigenvalue weighted by Crippen LogP contribution is -2.21. The maximum atomic E-state index is 11.7. The zero-order chi connectivity index (χ0) is 17.8. The van der Waals surface area contributed by atoms with Gasteiger partial charge in [0.05, 0.1) is 5.56 Å². The molecule has 126 valence electrons. The summed E-state index contributed by atoms with van der Waals surface area (Å²) in [6.07, 6.45) is 3.08. The average molecular weight is 354 g/mol. The van der Waals surface area contributed by atoms with Crippen LogP contribution in [0, 0.1) is 0 Å². The number of thiocarbonyl (C=S) groups is 1. The quantitative estimate of drug-likeness (QED) is 0.372. The molecule has 2 N–H and O–H groups in total. The Kier molecular flexibility index (Phi) is 4.76. The molecule has 3 rings (SSSR count). The van der Waals surface area contributed by atoms with E-state index < -0.39 is 5.97 Å². The van der Waals surface area contributed by atoms with Gasteiger partial charge in [-0.2, -0.15) is 0 Å². The summed E-state index contributed by atoms with van der Waals surface area (Å²) in [5.74, 6) is 0.404. The second-order valence-corrected chi connectivity index (χ2v) is 5.54. The maximum Gasteiger partial charge on any atom is 0.338 e. The Bertz CT molecular complexity index is 881. The van der Waals surface area contributed by atoms with Crippen molar-refractivity contribution in [2.75, 3.05) is 6.61 Å². The van der Waals surface area contributed by atoms with Crippen LogP contribution in [-0.4, -0.2) is 23.6 Å². The number of hydrogen-bond donors (Lipinski definition) is 2. The first-order valence-electron chi connectivity index (χ1n) is 7.39. The average Bonchev–Trinajstić information content (AvgIpc) is 3.19. The van der Waals surface area contributed by atoms with Crippen LogP contribution >= 0.6 is 12.2 Å². The number of hydrogen-bond acceptors (Lipinski definition) is 5. The van der Waals surface area contributed by atoms with Crippen molar-refractivity contribution in [3.05, 3.63) is 66.1 Å². The molecule has 2 aromatic rings. The normalized spacial score (nSPS) is 15.0. The highest BCUT2D eigenvalue weighted by atomic mass is 32.1. The predicted molar refractivity (Wildman–Crippen MR) is 96.5 cm³/mol. The summed E-state index contributed by atoms with van der Waals surface area (Å²) in [6.45, 7) is 3.67. The van der Waals surface area contributed by atoms with Gasteiger partial charge in [-0.05, 0) is 36.5 Å². The van der Waals surface area contributed by atoms with Crippen molar-refractivity contribution in [3.8, 4) is 11.3 Å². The van der Waals surface area contributed by atoms with E-state index in [2.05, 4.69) is 17.2 Å². The molecule has 0 spiro atoms. The molecular weight excluding hydrogens is 340 g/mol. The lowest BCUT2D eigenvalue weighted by molar-refractivity contribution is -0.115. The molecule has 0 unspecified atom stereocenters. The van der Waals surface area contributed by atoms with Crippen LogP contribution < -0.4 is 10.6 Å². The molecule has 1 aliphatic heterocycles. The molecule has 0 bridgehead atoms. The smallest absolute Gasteiger partial charge is 0.338 e. The summed E-state index contributed by atoms with van der Waals surface area (Å²) in [4.78, 5) is 23.4. The summed E-state index contributed by atoms with van der Waals surface area (Å²) >= 11 is 4.87. The van der Waals surface area contributed by atoms with Crippen LogP contribution in [0.4, 0.5) is 0 Å². The lowest BCUT2D eigenvalue weighted by atomic mass is 10.1. The number of amides is 1. The molecule has 1 saturated heterocycles. The van der Waals surface area contributed by atoms with Crippen molar-refractivity contribution in [1.29, 1.82) is 0 Å². The summed E-state index contributed by atoms with van der Waals surface area (Å²) in [6, 6.07) is 10.4. The molecule has 0 aliphatic carbocycles. The number of esters is 1.